The van der Waals surface area contributed by atoms with Crippen molar-refractivity contribution >= 4 is 11.4 Å². The van der Waals surface area contributed by atoms with Crippen molar-refractivity contribution in [3.8, 4) is 0 Å². The molecular weight excluding hydrogens is 158 g/mol. The number of nitro groups is 1. The second-order valence-electron chi connectivity index (χ2n) is 2.35. The molecular formula is C7H9N3O2. The van der Waals surface area contributed by atoms with Crippen LogP contribution >= 0.6 is 0 Å². The normalized spacial score (nSPS) is 9.50. The minimum Gasteiger partial charge on any atom is -0.382 e. The van der Waals surface area contributed by atoms with Gasteiger partial charge in [0.15, 0.2) is 0 Å². The molecule has 64 valence electrons. The van der Waals surface area contributed by atoms with Crippen LogP contribution in [0, 0.1) is 17.0 Å². The zero-order valence-corrected chi connectivity index (χ0v) is 6.87. The Hall–Kier alpha value is -1.65. The van der Waals surface area contributed by atoms with E-state index in [0.717, 1.165) is 5.69 Å². The Labute approximate surface area is 69.6 Å². The molecule has 0 bridgehead atoms. The highest BCUT2D eigenvalue weighted by Crippen LogP contribution is 2.22. The van der Waals surface area contributed by atoms with E-state index in [-0.39, 0.29) is 5.69 Å². The van der Waals surface area contributed by atoms with Gasteiger partial charge in [-0.25, -0.2) is 0 Å². The molecule has 5 heteroatoms. The quantitative estimate of drug-likeness (QED) is 0.533. The van der Waals surface area contributed by atoms with Crippen molar-refractivity contribution in [2.45, 2.75) is 6.92 Å². The molecule has 1 aromatic rings. The maximum Gasteiger partial charge on any atom is 0.310 e. The van der Waals surface area contributed by atoms with E-state index in [1.807, 2.05) is 0 Å². The lowest BCUT2D eigenvalue weighted by atomic mass is 10.3. The van der Waals surface area contributed by atoms with Crippen LogP contribution < -0.4 is 5.32 Å². The molecule has 0 fully saturated rings. The summed E-state index contributed by atoms with van der Waals surface area (Å²) in [5, 5.41) is 13.2. The molecule has 12 heavy (non-hydrogen) atoms. The molecule has 0 aromatic carbocycles. The molecule has 0 atom stereocenters. The van der Waals surface area contributed by atoms with Crippen LogP contribution in [0.5, 0.6) is 0 Å². The Balaban J connectivity index is 3.20. The van der Waals surface area contributed by atoms with Crippen LogP contribution in [0.15, 0.2) is 12.3 Å². The molecule has 5 nitrogen and oxygen atoms in total. The zero-order valence-electron chi connectivity index (χ0n) is 6.87. The summed E-state index contributed by atoms with van der Waals surface area (Å²) in [5.74, 6) is 0. The smallest absolute Gasteiger partial charge is 0.310 e. The van der Waals surface area contributed by atoms with Crippen LogP contribution in [-0.4, -0.2) is 17.0 Å². The number of hydrogen-bond donors (Lipinski definition) is 1. The van der Waals surface area contributed by atoms with Crippen molar-refractivity contribution < 1.29 is 4.92 Å². The van der Waals surface area contributed by atoms with E-state index in [0.29, 0.717) is 5.69 Å². The molecule has 0 unspecified atom stereocenters. The van der Waals surface area contributed by atoms with Crippen molar-refractivity contribution in [2.75, 3.05) is 12.4 Å². The fraction of sp³-hybridized carbons (Fsp3) is 0.286. The Bertz CT molecular complexity index is 312. The number of aromatic nitrogens is 1. The van der Waals surface area contributed by atoms with Crippen molar-refractivity contribution in [1.29, 1.82) is 0 Å². The maximum atomic E-state index is 10.4. The van der Waals surface area contributed by atoms with Crippen LogP contribution in [0.25, 0.3) is 0 Å². The lowest BCUT2D eigenvalue weighted by molar-refractivity contribution is -0.384. The lowest BCUT2D eigenvalue weighted by Gasteiger charge is -2.01. The van der Waals surface area contributed by atoms with Gasteiger partial charge in [0, 0.05) is 12.7 Å². The van der Waals surface area contributed by atoms with Crippen LogP contribution in [0.2, 0.25) is 0 Å². The van der Waals surface area contributed by atoms with Crippen LogP contribution in [0.4, 0.5) is 11.4 Å². The number of hydrogen-bond acceptors (Lipinski definition) is 4. The third-order valence-electron chi connectivity index (χ3n) is 1.49. The predicted molar refractivity (Wildman–Crippen MR) is 45.2 cm³/mol. The van der Waals surface area contributed by atoms with Crippen LogP contribution in [0.1, 0.15) is 5.69 Å². The first-order valence-corrected chi connectivity index (χ1v) is 3.44. The Morgan fingerprint density at radius 3 is 2.83 bits per heavy atom. The average molecular weight is 167 g/mol. The minimum absolute atomic E-state index is 0.00287. The number of nitrogens with zero attached hydrogens (tertiary/aromatic N) is 2. The van der Waals surface area contributed by atoms with Crippen molar-refractivity contribution in [1.82, 2.24) is 4.98 Å². The van der Waals surface area contributed by atoms with E-state index in [1.54, 1.807) is 20.0 Å². The van der Waals surface area contributed by atoms with Gasteiger partial charge in [-0.1, -0.05) is 0 Å². The van der Waals surface area contributed by atoms with Crippen molar-refractivity contribution in [2.24, 2.45) is 0 Å². The highest BCUT2D eigenvalue weighted by Gasteiger charge is 2.12. The average Bonchev–Trinajstić information content (AvgIpc) is 2.03. The molecule has 0 saturated heterocycles. The highest BCUT2D eigenvalue weighted by molar-refractivity contribution is 5.60. The number of nitrogens with one attached hydrogen (secondary N) is 1. The zero-order chi connectivity index (χ0) is 9.14. The molecule has 1 N–H and O–H groups in total. The van der Waals surface area contributed by atoms with Crippen molar-refractivity contribution in [3.05, 3.63) is 28.1 Å². The number of anilines is 1. The van der Waals surface area contributed by atoms with E-state index >= 15 is 0 Å². The first kappa shape index (κ1) is 8.45. The number of rotatable bonds is 2. The monoisotopic (exact) mass is 167 g/mol. The summed E-state index contributed by atoms with van der Waals surface area (Å²) in [7, 11) is 1.64. The van der Waals surface area contributed by atoms with Gasteiger partial charge in [-0.2, -0.15) is 0 Å². The van der Waals surface area contributed by atoms with E-state index in [4.69, 9.17) is 0 Å². The fourth-order valence-corrected chi connectivity index (χ4v) is 0.898. The van der Waals surface area contributed by atoms with Gasteiger partial charge in [-0.3, -0.25) is 15.1 Å². The second-order valence-corrected chi connectivity index (χ2v) is 2.35. The molecule has 0 aliphatic rings. The second kappa shape index (κ2) is 3.17. The first-order chi connectivity index (χ1) is 5.65. The number of aryl methyl sites for hydroxylation is 1. The largest absolute Gasteiger partial charge is 0.382 e. The van der Waals surface area contributed by atoms with E-state index in [9.17, 15) is 10.1 Å². The third kappa shape index (κ3) is 1.50. The molecule has 0 amide bonds. The molecule has 0 aliphatic carbocycles. The summed E-state index contributed by atoms with van der Waals surface area (Å²) in [6, 6.07) is 1.64. The third-order valence-corrected chi connectivity index (χ3v) is 1.49. The predicted octanol–water partition coefficient (Wildman–Crippen LogP) is 1.34. The van der Waals surface area contributed by atoms with E-state index in [1.165, 1.54) is 6.20 Å². The minimum atomic E-state index is -0.460. The van der Waals surface area contributed by atoms with Gasteiger partial charge in [0.25, 0.3) is 0 Å². The highest BCUT2D eigenvalue weighted by atomic mass is 16.6. The van der Waals surface area contributed by atoms with Gasteiger partial charge in [0.05, 0.1) is 4.92 Å². The molecule has 1 aromatic heterocycles. The topological polar surface area (TPSA) is 68.1 Å². The van der Waals surface area contributed by atoms with E-state index in [2.05, 4.69) is 10.3 Å². The standard InChI is InChI=1S/C7H9N3O2/c1-5-3-6(8-2)7(4-9-5)10(11)12/h3-4H,1-2H3,(H,8,9). The maximum absolute atomic E-state index is 10.4. The summed E-state index contributed by atoms with van der Waals surface area (Å²) < 4.78 is 0. The van der Waals surface area contributed by atoms with Gasteiger partial charge in [-0.05, 0) is 13.0 Å². The lowest BCUT2D eigenvalue weighted by Crippen LogP contribution is -1.98. The van der Waals surface area contributed by atoms with E-state index < -0.39 is 4.92 Å². The number of pyridine rings is 1. The summed E-state index contributed by atoms with van der Waals surface area (Å²) in [5.41, 5.74) is 1.25. The Kier molecular flexibility index (Phi) is 2.23. The summed E-state index contributed by atoms with van der Waals surface area (Å²) in [6.07, 6.45) is 1.25. The SMILES string of the molecule is CNc1cc(C)ncc1[N+](=O)[O-]. The van der Waals surface area contributed by atoms with Gasteiger partial charge in [-0.15, -0.1) is 0 Å². The van der Waals surface area contributed by atoms with Gasteiger partial charge in [0.2, 0.25) is 0 Å². The Morgan fingerprint density at radius 1 is 1.67 bits per heavy atom. The molecule has 0 spiro atoms. The first-order valence-electron chi connectivity index (χ1n) is 3.44. The summed E-state index contributed by atoms with van der Waals surface area (Å²) in [6.45, 7) is 1.78. The van der Waals surface area contributed by atoms with Crippen molar-refractivity contribution in [3.63, 3.8) is 0 Å². The molecule has 0 radical (unpaired) electrons. The van der Waals surface area contributed by atoms with Gasteiger partial charge >= 0.3 is 5.69 Å². The van der Waals surface area contributed by atoms with Gasteiger partial charge in [0.1, 0.15) is 11.9 Å². The Morgan fingerprint density at radius 2 is 2.33 bits per heavy atom. The molecule has 1 heterocycles. The summed E-state index contributed by atoms with van der Waals surface area (Å²) in [4.78, 5) is 13.8. The summed E-state index contributed by atoms with van der Waals surface area (Å²) >= 11 is 0. The van der Waals surface area contributed by atoms with Crippen LogP contribution in [-0.2, 0) is 0 Å². The molecule has 0 aliphatic heterocycles. The molecule has 1 rings (SSSR count). The van der Waals surface area contributed by atoms with Crippen LogP contribution in [0.3, 0.4) is 0 Å². The molecule has 0 saturated carbocycles. The fourth-order valence-electron chi connectivity index (χ4n) is 0.898. The van der Waals surface area contributed by atoms with Gasteiger partial charge < -0.3 is 5.32 Å².